The van der Waals surface area contributed by atoms with Gasteiger partial charge in [0.15, 0.2) is 0 Å². The second kappa shape index (κ2) is 24.2. The number of alkyl carbamates (subject to hydrolysis) is 1. The largest absolute Gasteiger partial charge is 0.481 e. The van der Waals surface area contributed by atoms with Crippen LogP contribution in [0.3, 0.4) is 0 Å². The highest BCUT2D eigenvalue weighted by Gasteiger charge is 2.47. The summed E-state index contributed by atoms with van der Waals surface area (Å²) in [5.41, 5.74) is 7.85. The molecule has 4 N–H and O–H groups in total. The Kier molecular flexibility index (Phi) is 18.6. The Morgan fingerprint density at radius 1 is 0.657 bits per heavy atom. The van der Waals surface area contributed by atoms with Crippen LogP contribution in [-0.4, -0.2) is 47.7 Å². The van der Waals surface area contributed by atoms with Gasteiger partial charge in [0, 0.05) is 36.9 Å². The summed E-state index contributed by atoms with van der Waals surface area (Å²) < 4.78 is 17.1. The summed E-state index contributed by atoms with van der Waals surface area (Å²) in [5.74, 6) is -0.745. The number of nitriles is 2. The molecule has 13 nitrogen and oxygen atoms in total. The Balaban J connectivity index is 0.000000155. The zero-order valence-electron chi connectivity index (χ0n) is 39.0. The lowest BCUT2D eigenvalue weighted by Gasteiger charge is -2.42. The van der Waals surface area contributed by atoms with Crippen LogP contribution in [0.15, 0.2) is 122 Å². The van der Waals surface area contributed by atoms with Crippen LogP contribution in [-0.2, 0) is 31.4 Å². The van der Waals surface area contributed by atoms with Gasteiger partial charge in [-0.2, -0.15) is 14.9 Å². The second-order valence-electron chi connectivity index (χ2n) is 18.6. The number of aromatic nitrogens is 5. The van der Waals surface area contributed by atoms with E-state index in [0.29, 0.717) is 11.6 Å². The number of carboxylic acids is 1. The van der Waals surface area contributed by atoms with Crippen LogP contribution in [0, 0.1) is 34.5 Å². The summed E-state index contributed by atoms with van der Waals surface area (Å²) in [6, 6.07) is 32.1. The van der Waals surface area contributed by atoms with Crippen LogP contribution in [0.4, 0.5) is 9.18 Å². The van der Waals surface area contributed by atoms with Gasteiger partial charge in [-0.25, -0.2) is 9.78 Å². The highest BCUT2D eigenvalue weighted by molar-refractivity contribution is 5.81. The lowest BCUT2D eigenvalue weighted by molar-refractivity contribution is -0.147. The van der Waals surface area contributed by atoms with Gasteiger partial charge < -0.3 is 20.9 Å². The molecule has 0 bridgehead atoms. The molecular formula is C53H64FN9O4. The first-order chi connectivity index (χ1) is 32.2. The number of aliphatic carboxylic acids is 1. The van der Waals surface area contributed by atoms with Crippen molar-refractivity contribution in [1.29, 1.82) is 10.5 Å². The van der Waals surface area contributed by atoms with E-state index in [4.69, 9.17) is 26.1 Å². The van der Waals surface area contributed by atoms with Crippen LogP contribution in [0.2, 0.25) is 0 Å². The third kappa shape index (κ3) is 14.4. The number of ether oxygens (including phenoxy) is 1. The molecule has 67 heavy (non-hydrogen) atoms. The summed E-state index contributed by atoms with van der Waals surface area (Å²) in [7, 11) is 0. The lowest BCUT2D eigenvalue weighted by Crippen LogP contribution is -2.52. The zero-order valence-corrected chi connectivity index (χ0v) is 39.0. The van der Waals surface area contributed by atoms with Crippen molar-refractivity contribution in [3.05, 3.63) is 151 Å². The number of hydrogen-bond donors (Lipinski definition) is 3. The first kappa shape index (κ1) is 51.3. The predicted octanol–water partition coefficient (Wildman–Crippen LogP) is 10.6. The second-order valence-corrected chi connectivity index (χ2v) is 18.6. The number of carbonyl (C=O) groups is 2. The highest BCUT2D eigenvalue weighted by Crippen LogP contribution is 2.44. The van der Waals surface area contributed by atoms with Crippen molar-refractivity contribution in [2.45, 2.75) is 145 Å². The van der Waals surface area contributed by atoms with Crippen LogP contribution >= 0.6 is 0 Å². The van der Waals surface area contributed by atoms with Crippen LogP contribution in [0.1, 0.15) is 140 Å². The number of carboxylic acid groups (broad SMARTS) is 1. The van der Waals surface area contributed by atoms with Crippen molar-refractivity contribution in [1.82, 2.24) is 30.2 Å². The quantitative estimate of drug-likeness (QED) is 0.136. The third-order valence-electron chi connectivity index (χ3n) is 12.8. The predicted molar refractivity (Wildman–Crippen MR) is 253 cm³/mol. The number of nitrogens with one attached hydrogen (secondary N) is 1. The maximum Gasteiger partial charge on any atom is 0.408 e. The molecule has 0 aliphatic heterocycles. The van der Waals surface area contributed by atoms with Gasteiger partial charge in [0.2, 0.25) is 5.95 Å². The minimum atomic E-state index is -0.738. The van der Waals surface area contributed by atoms with Gasteiger partial charge in [-0.05, 0) is 165 Å². The van der Waals surface area contributed by atoms with Crippen molar-refractivity contribution in [3.63, 3.8) is 0 Å². The van der Waals surface area contributed by atoms with Crippen molar-refractivity contribution >= 4 is 12.1 Å². The molecule has 14 heteroatoms. The van der Waals surface area contributed by atoms with Gasteiger partial charge in [0.1, 0.15) is 11.0 Å². The average Bonchev–Trinajstić information content (AvgIpc) is 3.25. The number of carbonyl (C=O) groups excluding carboxylic acids is 1. The molecular weight excluding hydrogens is 846 g/mol. The van der Waals surface area contributed by atoms with E-state index < -0.39 is 22.9 Å². The normalized spacial score (nSPS) is 18.2. The highest BCUT2D eigenvalue weighted by atomic mass is 19.1. The Morgan fingerprint density at radius 3 is 1.39 bits per heavy atom. The fraction of sp³-hybridized carbons (Fsp3) is 0.453. The van der Waals surface area contributed by atoms with E-state index in [1.165, 1.54) is 25.1 Å². The molecule has 0 radical (unpaired) electrons. The standard InChI is InChI=1S/C14H20N2O2.C10H10N2.C10H11NO2.C9H12N2.C5H4FN.C5H7N/c1-13(2,3)18-12(17)16-14(8-6-9-14)11-7-4-5-10-15-11;11-8-10(5-3-6-10)9-4-1-2-7-12-9;12-9(13)10(5-3-6-10)8-4-1-2-7-11-8;10-9(5-3-6-9)8-4-1-2-7-11-8;6-5-3-1-2-4-7-5;6-4-5-2-1-3-5/h4-5,7,10H,6,8-9H2,1-3H3,(H,16,17);1-2,4,7H,3,5-6H2;1-2,4,7H,3,5-6H2,(H,12,13);1-2,4,7H,3,5-6,10H2;1-4H;5H,1-3H2. The summed E-state index contributed by atoms with van der Waals surface area (Å²) in [5, 5.41) is 29.2. The van der Waals surface area contributed by atoms with E-state index in [1.807, 2.05) is 87.6 Å². The van der Waals surface area contributed by atoms with E-state index in [-0.39, 0.29) is 22.6 Å². The van der Waals surface area contributed by atoms with E-state index in [2.05, 4.69) is 42.4 Å². The van der Waals surface area contributed by atoms with E-state index >= 15 is 0 Å². The summed E-state index contributed by atoms with van der Waals surface area (Å²) in [6.45, 7) is 5.59. The number of rotatable bonds is 6. The minimum Gasteiger partial charge on any atom is -0.481 e. The van der Waals surface area contributed by atoms with Gasteiger partial charge in [-0.3, -0.25) is 24.7 Å². The number of nitrogens with zero attached hydrogens (tertiary/aromatic N) is 7. The van der Waals surface area contributed by atoms with Gasteiger partial charge in [0.25, 0.3) is 0 Å². The molecule has 5 aromatic heterocycles. The third-order valence-corrected chi connectivity index (χ3v) is 12.8. The van der Waals surface area contributed by atoms with Crippen LogP contribution < -0.4 is 11.1 Å². The topological polar surface area (TPSA) is 214 Å². The molecule has 0 saturated heterocycles. The van der Waals surface area contributed by atoms with Gasteiger partial charge in [-0.15, -0.1) is 0 Å². The van der Waals surface area contributed by atoms with Gasteiger partial charge >= 0.3 is 12.1 Å². The maximum atomic E-state index is 11.9. The molecule has 5 fully saturated rings. The summed E-state index contributed by atoms with van der Waals surface area (Å²) in [4.78, 5) is 43.2. The molecule has 5 heterocycles. The Bertz CT molecular complexity index is 2340. The van der Waals surface area contributed by atoms with Crippen molar-refractivity contribution in [3.8, 4) is 12.1 Å². The molecule has 10 rings (SSSR count). The number of pyridine rings is 5. The minimum absolute atomic E-state index is 0.0960. The monoisotopic (exact) mass is 910 g/mol. The number of amides is 1. The Hall–Kier alpha value is -6.64. The molecule has 0 atom stereocenters. The van der Waals surface area contributed by atoms with Crippen LogP contribution in [0.5, 0.6) is 0 Å². The lowest BCUT2D eigenvalue weighted by atomic mass is 9.66. The van der Waals surface area contributed by atoms with Gasteiger partial charge in [0.05, 0.1) is 51.4 Å². The molecule has 0 aromatic carbocycles. The first-order valence-electron chi connectivity index (χ1n) is 23.3. The molecule has 1 amide bonds. The SMILES string of the molecule is CC(C)(C)OC(=O)NC1(c2ccccn2)CCC1.Fc1ccccn1.N#CC1(c2ccccn2)CCC1.N#CC1CCC1.NC1(c2ccccn2)CCC1.O=C(O)C1(c2ccccn2)CCC1. The summed E-state index contributed by atoms with van der Waals surface area (Å²) in [6.07, 6.45) is 23.5. The molecule has 5 aliphatic rings. The number of nitrogens with two attached hydrogens (primary N) is 1. The molecule has 0 unspecified atom stereocenters. The maximum absolute atomic E-state index is 11.9. The molecule has 5 saturated carbocycles. The average molecular weight is 910 g/mol. The fourth-order valence-corrected chi connectivity index (χ4v) is 7.83. The summed E-state index contributed by atoms with van der Waals surface area (Å²) >= 11 is 0. The van der Waals surface area contributed by atoms with Gasteiger partial charge in [-0.1, -0.05) is 43.2 Å². The van der Waals surface area contributed by atoms with Crippen LogP contribution in [0.25, 0.3) is 0 Å². The molecule has 352 valence electrons. The number of hydrogen-bond acceptors (Lipinski definition) is 11. The van der Waals surface area contributed by atoms with E-state index in [0.717, 1.165) is 101 Å². The molecule has 0 spiro atoms. The molecule has 5 aromatic rings. The van der Waals surface area contributed by atoms with Crippen molar-refractivity contribution in [2.75, 3.05) is 0 Å². The van der Waals surface area contributed by atoms with Crippen molar-refractivity contribution < 1.29 is 23.8 Å². The fourth-order valence-electron chi connectivity index (χ4n) is 7.83. The smallest absolute Gasteiger partial charge is 0.408 e. The van der Waals surface area contributed by atoms with E-state index in [9.17, 15) is 14.0 Å². The number of halogens is 1. The zero-order chi connectivity index (χ0) is 48.2. The van der Waals surface area contributed by atoms with Crippen molar-refractivity contribution in [2.24, 2.45) is 11.7 Å². The molecule has 5 aliphatic carbocycles. The Labute approximate surface area is 394 Å². The first-order valence-corrected chi connectivity index (χ1v) is 23.3. The van der Waals surface area contributed by atoms with E-state index in [1.54, 1.807) is 42.9 Å². The Morgan fingerprint density at radius 2 is 1.12 bits per heavy atom.